The second kappa shape index (κ2) is 13.4. The van der Waals surface area contributed by atoms with Crippen LogP contribution in [0.15, 0.2) is 218 Å². The molecule has 0 unspecified atom stereocenters. The fraction of sp³-hybridized carbons (Fsp3) is 0. The van der Waals surface area contributed by atoms with Crippen LogP contribution in [0, 0.1) is 0 Å². The van der Waals surface area contributed by atoms with Gasteiger partial charge in [-0.3, -0.25) is 4.90 Å². The quantitative estimate of drug-likeness (QED) is 0.163. The molecule has 0 aliphatic heterocycles. The van der Waals surface area contributed by atoms with Crippen LogP contribution in [0.4, 0.5) is 17.2 Å². The molecule has 0 radical (unpaired) electrons. The lowest BCUT2D eigenvalue weighted by atomic mass is 9.92. The zero-order chi connectivity index (χ0) is 38.9. The number of aromatic nitrogens is 1. The minimum atomic E-state index is 0.865. The summed E-state index contributed by atoms with van der Waals surface area (Å²) >= 11 is 0. The number of fused-ring (bicyclic) bond motifs is 13. The molecule has 0 saturated carbocycles. The van der Waals surface area contributed by atoms with Crippen molar-refractivity contribution in [3.63, 3.8) is 0 Å². The van der Waals surface area contributed by atoms with Gasteiger partial charge in [0.05, 0.1) is 5.52 Å². The normalized spacial score (nSPS) is 11.7. The summed E-state index contributed by atoms with van der Waals surface area (Å²) in [7, 11) is 0. The highest BCUT2D eigenvalue weighted by molar-refractivity contribution is 6.27. The van der Waals surface area contributed by atoms with E-state index < -0.39 is 0 Å². The topological polar surface area (TPSA) is 16.1 Å². The Hall–Kier alpha value is -7.81. The number of hydrogen-bond acceptors (Lipinski definition) is 2. The minimum absolute atomic E-state index is 0.865. The van der Waals surface area contributed by atoms with Crippen LogP contribution in [0.1, 0.15) is 0 Å². The molecule has 0 aliphatic carbocycles. The summed E-state index contributed by atoms with van der Waals surface area (Å²) in [6.45, 7) is 0. The third-order valence-corrected chi connectivity index (χ3v) is 12.2. The molecule has 11 aromatic carbocycles. The van der Waals surface area contributed by atoms with Crippen molar-refractivity contribution < 1.29 is 0 Å². The van der Waals surface area contributed by atoms with Crippen LogP contribution < -0.4 is 4.90 Å². The largest absolute Gasteiger partial charge is 0.295 e. The summed E-state index contributed by atoms with van der Waals surface area (Å²) in [6.07, 6.45) is 0. The lowest BCUT2D eigenvalue weighted by Gasteiger charge is -2.26. The van der Waals surface area contributed by atoms with Gasteiger partial charge in [0.15, 0.2) is 0 Å². The van der Waals surface area contributed by atoms with Crippen LogP contribution in [0.25, 0.3) is 97.8 Å². The van der Waals surface area contributed by atoms with Crippen LogP contribution in [0.5, 0.6) is 0 Å². The molecule has 274 valence electrons. The van der Waals surface area contributed by atoms with Crippen molar-refractivity contribution in [3.8, 4) is 22.3 Å². The fourth-order valence-corrected chi connectivity index (χ4v) is 9.47. The average molecular weight is 749 g/mol. The fourth-order valence-electron chi connectivity index (χ4n) is 9.47. The van der Waals surface area contributed by atoms with Crippen molar-refractivity contribution in [3.05, 3.63) is 218 Å². The Balaban J connectivity index is 1.06. The van der Waals surface area contributed by atoms with E-state index in [4.69, 9.17) is 4.98 Å². The second-order valence-electron chi connectivity index (χ2n) is 15.5. The molecule has 0 fully saturated rings. The molecule has 0 bridgehead atoms. The first-order chi connectivity index (χ1) is 29.3. The van der Waals surface area contributed by atoms with E-state index in [9.17, 15) is 0 Å². The molecule has 0 N–H and O–H groups in total. The summed E-state index contributed by atoms with van der Waals surface area (Å²) in [5, 5.41) is 16.3. The minimum Gasteiger partial charge on any atom is -0.295 e. The highest BCUT2D eigenvalue weighted by Crippen LogP contribution is 2.43. The zero-order valence-corrected chi connectivity index (χ0v) is 32.2. The molecule has 2 nitrogen and oxygen atoms in total. The van der Waals surface area contributed by atoms with Gasteiger partial charge in [0, 0.05) is 16.8 Å². The highest BCUT2D eigenvalue weighted by atomic mass is 15.2. The van der Waals surface area contributed by atoms with Crippen molar-refractivity contribution >= 4 is 92.7 Å². The smallest absolute Gasteiger partial charge is 0.138 e. The first kappa shape index (κ1) is 33.3. The summed E-state index contributed by atoms with van der Waals surface area (Å²) in [5.41, 5.74) is 7.72. The van der Waals surface area contributed by atoms with Gasteiger partial charge in [0.1, 0.15) is 5.82 Å². The van der Waals surface area contributed by atoms with Crippen LogP contribution in [0.2, 0.25) is 0 Å². The first-order valence-electron chi connectivity index (χ1n) is 20.3. The van der Waals surface area contributed by atoms with Crippen LogP contribution in [-0.4, -0.2) is 4.98 Å². The summed E-state index contributed by atoms with van der Waals surface area (Å²) in [6, 6.07) is 79.4. The van der Waals surface area contributed by atoms with Gasteiger partial charge in [-0.15, -0.1) is 0 Å². The zero-order valence-electron chi connectivity index (χ0n) is 32.2. The third-order valence-electron chi connectivity index (χ3n) is 12.2. The standard InChI is InChI=1S/C57H36N2/c1-2-14-38(15-3-1)53-36-57(58-56-25-13-12-24-52(53)56)59(41-31-33-51-47-21-7-5-17-43(47)45-19-9-11-23-49(45)55(51)35-41)40-29-26-37(27-30-40)39-28-32-50-46-20-6-4-16-42(46)44-18-8-10-22-48(44)54(50)34-39/h1-36H. The molecule has 0 spiro atoms. The molecule has 59 heavy (non-hydrogen) atoms. The summed E-state index contributed by atoms with van der Waals surface area (Å²) < 4.78 is 0. The SMILES string of the molecule is c1ccc(-c2cc(N(c3ccc(-c4ccc5c6ccccc6c6ccccc6c5c4)cc3)c3ccc4c5ccccc5c5ccccc5c4c3)nc3ccccc23)cc1. The predicted molar refractivity (Wildman–Crippen MR) is 252 cm³/mol. The van der Waals surface area contributed by atoms with Crippen molar-refractivity contribution in [1.29, 1.82) is 0 Å². The average Bonchev–Trinajstić information content (AvgIpc) is 3.32. The maximum Gasteiger partial charge on any atom is 0.138 e. The second-order valence-corrected chi connectivity index (χ2v) is 15.5. The molecule has 1 heterocycles. The highest BCUT2D eigenvalue weighted by Gasteiger charge is 2.20. The molecular formula is C57H36N2. The van der Waals surface area contributed by atoms with Gasteiger partial charge in [0.2, 0.25) is 0 Å². The van der Waals surface area contributed by atoms with E-state index in [0.717, 1.165) is 39.2 Å². The molecule has 0 saturated heterocycles. The number of pyridine rings is 1. The molecular weight excluding hydrogens is 713 g/mol. The number of anilines is 3. The molecule has 2 heteroatoms. The van der Waals surface area contributed by atoms with Crippen LogP contribution in [0.3, 0.4) is 0 Å². The number of nitrogens with zero attached hydrogens (tertiary/aromatic N) is 2. The van der Waals surface area contributed by atoms with Crippen molar-refractivity contribution in [2.24, 2.45) is 0 Å². The van der Waals surface area contributed by atoms with Crippen molar-refractivity contribution in [2.45, 2.75) is 0 Å². The van der Waals surface area contributed by atoms with Gasteiger partial charge >= 0.3 is 0 Å². The van der Waals surface area contributed by atoms with E-state index in [2.05, 4.69) is 223 Å². The molecule has 0 amide bonds. The Kier molecular flexibility index (Phi) is 7.57. The molecule has 0 atom stereocenters. The van der Waals surface area contributed by atoms with Gasteiger partial charge in [0.25, 0.3) is 0 Å². The third kappa shape index (κ3) is 5.38. The lowest BCUT2D eigenvalue weighted by Crippen LogP contribution is -2.12. The molecule has 1 aromatic heterocycles. The maximum atomic E-state index is 5.40. The van der Waals surface area contributed by atoms with E-state index in [1.165, 1.54) is 75.8 Å². The van der Waals surface area contributed by atoms with E-state index in [1.807, 2.05) is 0 Å². The Bertz CT molecular complexity index is 3540. The molecule has 12 rings (SSSR count). The Morgan fingerprint density at radius 3 is 1.22 bits per heavy atom. The summed E-state index contributed by atoms with van der Waals surface area (Å²) in [4.78, 5) is 7.73. The maximum absolute atomic E-state index is 5.40. The Morgan fingerprint density at radius 1 is 0.254 bits per heavy atom. The van der Waals surface area contributed by atoms with Crippen molar-refractivity contribution in [2.75, 3.05) is 4.90 Å². The van der Waals surface area contributed by atoms with E-state index in [0.29, 0.717) is 0 Å². The lowest BCUT2D eigenvalue weighted by molar-refractivity contribution is 1.21. The van der Waals surface area contributed by atoms with Gasteiger partial charge in [-0.05, 0) is 129 Å². The number of hydrogen-bond donors (Lipinski definition) is 0. The first-order valence-corrected chi connectivity index (χ1v) is 20.3. The number of para-hydroxylation sites is 1. The predicted octanol–water partition coefficient (Wildman–Crippen LogP) is 16.0. The van der Waals surface area contributed by atoms with E-state index >= 15 is 0 Å². The number of benzene rings is 11. The van der Waals surface area contributed by atoms with E-state index in [1.54, 1.807) is 0 Å². The van der Waals surface area contributed by atoms with Crippen LogP contribution >= 0.6 is 0 Å². The Labute approximate surface area is 341 Å². The molecule has 12 aromatic rings. The monoisotopic (exact) mass is 748 g/mol. The van der Waals surface area contributed by atoms with Gasteiger partial charge in [-0.2, -0.15) is 0 Å². The van der Waals surface area contributed by atoms with Crippen LogP contribution in [-0.2, 0) is 0 Å². The van der Waals surface area contributed by atoms with Gasteiger partial charge in [-0.25, -0.2) is 4.98 Å². The Morgan fingerprint density at radius 2 is 0.661 bits per heavy atom. The van der Waals surface area contributed by atoms with Crippen molar-refractivity contribution in [1.82, 2.24) is 4.98 Å². The summed E-state index contributed by atoms with van der Waals surface area (Å²) in [5.74, 6) is 0.865. The van der Waals surface area contributed by atoms with Gasteiger partial charge < -0.3 is 0 Å². The van der Waals surface area contributed by atoms with E-state index in [-0.39, 0.29) is 0 Å². The number of rotatable bonds is 5. The van der Waals surface area contributed by atoms with Gasteiger partial charge in [-0.1, -0.05) is 176 Å². The molecule has 0 aliphatic rings.